The predicted molar refractivity (Wildman–Crippen MR) is 87.3 cm³/mol. The van der Waals surface area contributed by atoms with Crippen LogP contribution in [0.15, 0.2) is 18.2 Å². The fourth-order valence-corrected chi connectivity index (χ4v) is 2.47. The fourth-order valence-electron chi connectivity index (χ4n) is 2.47. The number of hydrogen-bond acceptors (Lipinski definition) is 3. The summed E-state index contributed by atoms with van der Waals surface area (Å²) in [5, 5.41) is 12.4. The Balaban J connectivity index is 2.54. The van der Waals surface area contributed by atoms with Crippen molar-refractivity contribution in [2.24, 2.45) is 17.1 Å². The first-order chi connectivity index (χ1) is 9.74. The average Bonchev–Trinajstić information content (AvgIpc) is 2.37. The van der Waals surface area contributed by atoms with Gasteiger partial charge in [-0.15, -0.1) is 0 Å². The summed E-state index contributed by atoms with van der Waals surface area (Å²) in [5.74, 6) is 0.685. The summed E-state index contributed by atoms with van der Waals surface area (Å²) in [6.45, 7) is 9.03. The number of anilines is 1. The summed E-state index contributed by atoms with van der Waals surface area (Å²) < 4.78 is 0. The highest BCUT2D eigenvalue weighted by Gasteiger charge is 2.24. The molecule has 1 unspecified atom stereocenters. The highest BCUT2D eigenvalue weighted by atomic mass is 16.3. The van der Waals surface area contributed by atoms with Crippen molar-refractivity contribution in [1.82, 2.24) is 0 Å². The summed E-state index contributed by atoms with van der Waals surface area (Å²) in [6, 6.07) is 5.08. The molecule has 1 amide bonds. The number of aromatic hydroxyl groups is 1. The van der Waals surface area contributed by atoms with Crippen molar-refractivity contribution in [2.45, 2.75) is 47.0 Å². The Labute approximate surface area is 127 Å². The van der Waals surface area contributed by atoms with E-state index in [-0.39, 0.29) is 17.1 Å². The van der Waals surface area contributed by atoms with Gasteiger partial charge in [-0.2, -0.15) is 0 Å². The van der Waals surface area contributed by atoms with Crippen molar-refractivity contribution in [1.29, 1.82) is 0 Å². The van der Waals surface area contributed by atoms with Crippen LogP contribution in [0, 0.1) is 18.3 Å². The third kappa shape index (κ3) is 5.76. The van der Waals surface area contributed by atoms with Crippen molar-refractivity contribution >= 4 is 11.6 Å². The lowest BCUT2D eigenvalue weighted by molar-refractivity contribution is -0.116. The highest BCUT2D eigenvalue weighted by molar-refractivity contribution is 5.90. The van der Waals surface area contributed by atoms with E-state index < -0.39 is 0 Å². The Morgan fingerprint density at radius 2 is 2.00 bits per heavy atom. The monoisotopic (exact) mass is 292 g/mol. The highest BCUT2D eigenvalue weighted by Crippen LogP contribution is 2.32. The Bertz CT molecular complexity index is 478. The molecule has 1 aromatic rings. The van der Waals surface area contributed by atoms with Crippen molar-refractivity contribution in [3.05, 3.63) is 23.8 Å². The Morgan fingerprint density at radius 3 is 2.52 bits per heavy atom. The second kappa shape index (κ2) is 7.46. The molecule has 0 bridgehead atoms. The van der Waals surface area contributed by atoms with Crippen molar-refractivity contribution in [3.63, 3.8) is 0 Å². The average molecular weight is 292 g/mol. The zero-order valence-corrected chi connectivity index (χ0v) is 13.6. The summed E-state index contributed by atoms with van der Waals surface area (Å²) in [6.07, 6.45) is 2.26. The molecular weight excluding hydrogens is 264 g/mol. The Morgan fingerprint density at radius 1 is 1.33 bits per heavy atom. The van der Waals surface area contributed by atoms with E-state index in [9.17, 15) is 9.90 Å². The molecular formula is C17H28N2O2. The number of nitrogens with two attached hydrogens (primary N) is 1. The first kappa shape index (κ1) is 17.5. The number of phenolic OH excluding ortho intramolecular Hbond substituents is 1. The standard InChI is InChI=1S/C17H28N2O2/c1-12-11-14(6-7-15(12)20)19-16(21)8-5-13(9-10-18)17(2,3)4/h6-7,11,13,20H,5,8-10,18H2,1-4H3,(H,19,21). The molecule has 0 aliphatic heterocycles. The van der Waals surface area contributed by atoms with Gasteiger partial charge in [0.15, 0.2) is 0 Å². The van der Waals surface area contributed by atoms with Crippen molar-refractivity contribution < 1.29 is 9.90 Å². The number of benzene rings is 1. The van der Waals surface area contributed by atoms with E-state index in [1.807, 2.05) is 6.92 Å². The van der Waals surface area contributed by atoms with E-state index in [1.165, 1.54) is 0 Å². The Kier molecular flexibility index (Phi) is 6.21. The smallest absolute Gasteiger partial charge is 0.224 e. The molecule has 0 saturated heterocycles. The SMILES string of the molecule is Cc1cc(NC(=O)CCC(CCN)C(C)(C)C)ccc1O. The first-order valence-electron chi connectivity index (χ1n) is 7.53. The molecule has 0 aromatic heterocycles. The van der Waals surface area contributed by atoms with Gasteiger partial charge >= 0.3 is 0 Å². The summed E-state index contributed by atoms with van der Waals surface area (Å²) in [5.41, 5.74) is 7.30. The number of amides is 1. The van der Waals surface area contributed by atoms with E-state index in [1.54, 1.807) is 18.2 Å². The van der Waals surface area contributed by atoms with Gasteiger partial charge in [0.2, 0.25) is 5.91 Å². The lowest BCUT2D eigenvalue weighted by Gasteiger charge is -2.30. The normalized spacial score (nSPS) is 13.0. The summed E-state index contributed by atoms with van der Waals surface area (Å²) in [4.78, 5) is 12.0. The van der Waals surface area contributed by atoms with Gasteiger partial charge in [-0.1, -0.05) is 20.8 Å². The third-order valence-corrected chi connectivity index (χ3v) is 3.94. The van der Waals surface area contributed by atoms with Crippen LogP contribution in [0.3, 0.4) is 0 Å². The van der Waals surface area contributed by atoms with Crippen LogP contribution in [0.5, 0.6) is 5.75 Å². The molecule has 0 radical (unpaired) electrons. The number of carbonyl (C=O) groups excluding carboxylic acids is 1. The maximum absolute atomic E-state index is 12.0. The first-order valence-corrected chi connectivity index (χ1v) is 7.53. The number of phenols is 1. The molecule has 0 heterocycles. The number of carbonyl (C=O) groups is 1. The van der Waals surface area contributed by atoms with Gasteiger partial charge in [0.1, 0.15) is 5.75 Å². The van der Waals surface area contributed by atoms with E-state index in [2.05, 4.69) is 26.1 Å². The minimum absolute atomic E-state index is 0.00589. The molecule has 1 rings (SSSR count). The molecule has 0 aliphatic carbocycles. The summed E-state index contributed by atoms with van der Waals surface area (Å²) in [7, 11) is 0. The van der Waals surface area contributed by atoms with Crippen LogP contribution in [0.4, 0.5) is 5.69 Å². The summed E-state index contributed by atoms with van der Waals surface area (Å²) >= 11 is 0. The fraction of sp³-hybridized carbons (Fsp3) is 0.588. The third-order valence-electron chi connectivity index (χ3n) is 3.94. The van der Waals surface area contributed by atoms with Crippen LogP contribution in [-0.4, -0.2) is 17.6 Å². The molecule has 1 aromatic carbocycles. The number of aryl methyl sites for hydroxylation is 1. The van der Waals surface area contributed by atoms with Gasteiger partial charge < -0.3 is 16.2 Å². The van der Waals surface area contributed by atoms with Crippen molar-refractivity contribution in [3.8, 4) is 5.75 Å². The zero-order chi connectivity index (χ0) is 16.0. The molecule has 0 fully saturated rings. The number of hydrogen-bond donors (Lipinski definition) is 3. The van der Waals surface area contributed by atoms with Crippen molar-refractivity contribution in [2.75, 3.05) is 11.9 Å². The topological polar surface area (TPSA) is 75.4 Å². The quantitative estimate of drug-likeness (QED) is 0.703. The van der Waals surface area contributed by atoms with Gasteiger partial charge in [0.25, 0.3) is 0 Å². The molecule has 1 atom stereocenters. The predicted octanol–water partition coefficient (Wildman–Crippen LogP) is 3.43. The maximum Gasteiger partial charge on any atom is 0.224 e. The Hall–Kier alpha value is -1.55. The second-order valence-corrected chi connectivity index (χ2v) is 6.73. The van der Waals surface area contributed by atoms with Crippen LogP contribution in [0.2, 0.25) is 0 Å². The van der Waals surface area contributed by atoms with Gasteiger partial charge in [-0.3, -0.25) is 4.79 Å². The van der Waals surface area contributed by atoms with Gasteiger partial charge in [0, 0.05) is 12.1 Å². The lowest BCUT2D eigenvalue weighted by Crippen LogP contribution is -2.25. The lowest BCUT2D eigenvalue weighted by atomic mass is 9.76. The molecule has 21 heavy (non-hydrogen) atoms. The molecule has 0 aliphatic rings. The number of nitrogens with one attached hydrogen (secondary N) is 1. The molecule has 118 valence electrons. The minimum atomic E-state index is 0.00589. The largest absolute Gasteiger partial charge is 0.508 e. The van der Waals surface area contributed by atoms with Crippen LogP contribution in [0.1, 0.15) is 45.6 Å². The van der Waals surface area contributed by atoms with E-state index in [0.717, 1.165) is 24.1 Å². The van der Waals surface area contributed by atoms with Crippen LogP contribution in [0.25, 0.3) is 0 Å². The van der Waals surface area contributed by atoms with Gasteiger partial charge in [-0.05, 0) is 61.4 Å². The van der Waals surface area contributed by atoms with E-state index >= 15 is 0 Å². The second-order valence-electron chi connectivity index (χ2n) is 6.73. The molecule has 0 saturated carbocycles. The molecule has 4 N–H and O–H groups in total. The van der Waals surface area contributed by atoms with Crippen LogP contribution < -0.4 is 11.1 Å². The van der Waals surface area contributed by atoms with E-state index in [0.29, 0.717) is 18.9 Å². The molecule has 0 spiro atoms. The maximum atomic E-state index is 12.0. The van der Waals surface area contributed by atoms with Gasteiger partial charge in [0.05, 0.1) is 0 Å². The van der Waals surface area contributed by atoms with Crippen LogP contribution in [-0.2, 0) is 4.79 Å². The molecule has 4 nitrogen and oxygen atoms in total. The van der Waals surface area contributed by atoms with Crippen LogP contribution >= 0.6 is 0 Å². The minimum Gasteiger partial charge on any atom is -0.508 e. The zero-order valence-electron chi connectivity index (χ0n) is 13.6. The molecule has 4 heteroatoms. The number of rotatable bonds is 6. The van der Waals surface area contributed by atoms with Gasteiger partial charge in [-0.25, -0.2) is 0 Å². The van der Waals surface area contributed by atoms with E-state index in [4.69, 9.17) is 5.73 Å².